The first-order valence-electron chi connectivity index (χ1n) is 7.73. The first kappa shape index (κ1) is 15.4. The number of hydrogen-bond donors (Lipinski definition) is 2. The first-order valence-corrected chi connectivity index (χ1v) is 7.73. The summed E-state index contributed by atoms with van der Waals surface area (Å²) in [6.45, 7) is 2.09. The minimum atomic E-state index is -0.310. The third-order valence-corrected chi connectivity index (χ3v) is 4.27. The number of methoxy groups -OCH3 is 1. The van der Waals surface area contributed by atoms with Gasteiger partial charge in [0.15, 0.2) is 5.89 Å². The van der Waals surface area contributed by atoms with E-state index >= 15 is 0 Å². The molecule has 2 amide bonds. The van der Waals surface area contributed by atoms with Crippen LogP contribution in [-0.2, 0) is 12.1 Å². The van der Waals surface area contributed by atoms with Crippen molar-refractivity contribution in [2.24, 2.45) is 0 Å². The minimum absolute atomic E-state index is 0.207. The van der Waals surface area contributed by atoms with Gasteiger partial charge in [-0.05, 0) is 37.0 Å². The Morgan fingerprint density at radius 3 is 2.87 bits per heavy atom. The fourth-order valence-electron chi connectivity index (χ4n) is 2.85. The highest BCUT2D eigenvalue weighted by atomic mass is 16.5. The van der Waals surface area contributed by atoms with Crippen molar-refractivity contribution in [2.75, 3.05) is 7.11 Å². The lowest BCUT2D eigenvalue weighted by molar-refractivity contribution is 0.176. The normalized spacial score (nSPS) is 15.6. The van der Waals surface area contributed by atoms with Gasteiger partial charge in [0.25, 0.3) is 0 Å². The Bertz CT molecular complexity index is 692. The van der Waals surface area contributed by atoms with Crippen LogP contribution in [0.15, 0.2) is 34.9 Å². The zero-order valence-electron chi connectivity index (χ0n) is 13.4. The maximum atomic E-state index is 12.2. The molecule has 6 heteroatoms. The van der Waals surface area contributed by atoms with Crippen LogP contribution in [0.2, 0.25) is 0 Å². The Hall–Kier alpha value is -2.50. The van der Waals surface area contributed by atoms with E-state index in [-0.39, 0.29) is 11.6 Å². The number of urea groups is 1. The molecule has 1 saturated carbocycles. The lowest BCUT2D eigenvalue weighted by atomic mass is 9.72. The third kappa shape index (κ3) is 3.31. The van der Waals surface area contributed by atoms with Gasteiger partial charge in [-0.1, -0.05) is 12.1 Å². The van der Waals surface area contributed by atoms with Crippen molar-refractivity contribution in [3.05, 3.63) is 47.7 Å². The summed E-state index contributed by atoms with van der Waals surface area (Å²) in [5, 5.41) is 5.93. The number of rotatable bonds is 5. The van der Waals surface area contributed by atoms with Crippen LogP contribution in [0, 0.1) is 6.92 Å². The van der Waals surface area contributed by atoms with Crippen LogP contribution >= 0.6 is 0 Å². The number of amides is 2. The molecule has 1 aromatic carbocycles. The van der Waals surface area contributed by atoms with Crippen LogP contribution in [0.4, 0.5) is 4.79 Å². The molecule has 0 atom stereocenters. The second-order valence-electron chi connectivity index (χ2n) is 5.82. The Morgan fingerprint density at radius 2 is 2.26 bits per heavy atom. The molecule has 3 rings (SSSR count). The second-order valence-corrected chi connectivity index (χ2v) is 5.82. The van der Waals surface area contributed by atoms with Crippen LogP contribution in [-0.4, -0.2) is 18.1 Å². The number of aromatic nitrogens is 1. The number of nitrogens with one attached hydrogen (secondary N) is 2. The summed E-state index contributed by atoms with van der Waals surface area (Å²) in [7, 11) is 1.64. The fraction of sp³-hybridized carbons (Fsp3) is 0.412. The molecule has 1 aliphatic rings. The molecule has 23 heavy (non-hydrogen) atoms. The molecule has 0 spiro atoms. The molecule has 1 heterocycles. The van der Waals surface area contributed by atoms with E-state index in [0.717, 1.165) is 30.6 Å². The molecule has 2 aromatic rings. The molecule has 1 aliphatic carbocycles. The summed E-state index contributed by atoms with van der Waals surface area (Å²) < 4.78 is 10.6. The van der Waals surface area contributed by atoms with Gasteiger partial charge >= 0.3 is 6.03 Å². The lowest BCUT2D eigenvalue weighted by Gasteiger charge is -2.43. The van der Waals surface area contributed by atoms with Crippen LogP contribution < -0.4 is 15.4 Å². The van der Waals surface area contributed by atoms with Crippen molar-refractivity contribution in [1.29, 1.82) is 0 Å². The summed E-state index contributed by atoms with van der Waals surface area (Å²) in [6, 6.07) is 7.66. The summed E-state index contributed by atoms with van der Waals surface area (Å²) in [6.07, 6.45) is 4.57. The van der Waals surface area contributed by atoms with Crippen LogP contribution in [0.5, 0.6) is 5.75 Å². The predicted molar refractivity (Wildman–Crippen MR) is 85.1 cm³/mol. The van der Waals surface area contributed by atoms with Crippen molar-refractivity contribution < 1.29 is 13.9 Å². The Morgan fingerprint density at radius 1 is 1.43 bits per heavy atom. The highest BCUT2D eigenvalue weighted by molar-refractivity contribution is 5.75. The topological polar surface area (TPSA) is 76.4 Å². The fourth-order valence-corrected chi connectivity index (χ4v) is 2.85. The van der Waals surface area contributed by atoms with Gasteiger partial charge in [-0.2, -0.15) is 0 Å². The number of carbonyl (C=O) groups is 1. The summed E-state index contributed by atoms with van der Waals surface area (Å²) >= 11 is 0. The maximum absolute atomic E-state index is 12.2. The van der Waals surface area contributed by atoms with Gasteiger partial charge in [0.1, 0.15) is 11.5 Å². The number of ether oxygens (including phenoxy) is 1. The number of hydrogen-bond acceptors (Lipinski definition) is 4. The van der Waals surface area contributed by atoms with Gasteiger partial charge in [0.2, 0.25) is 0 Å². The van der Waals surface area contributed by atoms with E-state index in [1.807, 2.05) is 24.3 Å². The highest BCUT2D eigenvalue weighted by Crippen LogP contribution is 2.42. The highest BCUT2D eigenvalue weighted by Gasteiger charge is 2.40. The molecule has 1 aromatic heterocycles. The van der Waals surface area contributed by atoms with Gasteiger partial charge in [-0.25, -0.2) is 9.78 Å². The molecule has 1 fully saturated rings. The monoisotopic (exact) mass is 315 g/mol. The van der Waals surface area contributed by atoms with Crippen molar-refractivity contribution in [3.63, 3.8) is 0 Å². The van der Waals surface area contributed by atoms with E-state index < -0.39 is 0 Å². The molecule has 0 aliphatic heterocycles. The molecule has 0 radical (unpaired) electrons. The van der Waals surface area contributed by atoms with E-state index in [1.54, 1.807) is 20.2 Å². The molecule has 0 bridgehead atoms. The number of carbonyl (C=O) groups excluding carboxylic acids is 1. The molecule has 0 unspecified atom stereocenters. The molecule has 0 saturated heterocycles. The standard InChI is InChI=1S/C17H21N3O3/c1-12-18-10-15(23-12)11-19-16(21)20-17(7-4-8-17)13-5-3-6-14(9-13)22-2/h3,5-6,9-10H,4,7-8,11H2,1-2H3,(H2,19,20,21). The van der Waals surface area contributed by atoms with E-state index in [0.29, 0.717) is 18.2 Å². The molecule has 6 nitrogen and oxygen atoms in total. The van der Waals surface area contributed by atoms with Gasteiger partial charge < -0.3 is 19.8 Å². The van der Waals surface area contributed by atoms with Crippen molar-refractivity contribution in [2.45, 2.75) is 38.3 Å². The zero-order valence-corrected chi connectivity index (χ0v) is 13.4. The van der Waals surface area contributed by atoms with E-state index in [9.17, 15) is 4.79 Å². The van der Waals surface area contributed by atoms with Crippen LogP contribution in [0.25, 0.3) is 0 Å². The molecule has 122 valence electrons. The van der Waals surface area contributed by atoms with Gasteiger partial charge in [-0.15, -0.1) is 0 Å². The van der Waals surface area contributed by atoms with Crippen molar-refractivity contribution >= 4 is 6.03 Å². The average molecular weight is 315 g/mol. The quantitative estimate of drug-likeness (QED) is 0.889. The Kier molecular flexibility index (Phi) is 4.23. The van der Waals surface area contributed by atoms with E-state index in [4.69, 9.17) is 9.15 Å². The molecule has 2 N–H and O–H groups in total. The van der Waals surface area contributed by atoms with Crippen molar-refractivity contribution in [1.82, 2.24) is 15.6 Å². The summed E-state index contributed by atoms with van der Waals surface area (Å²) in [5.41, 5.74) is 0.768. The SMILES string of the molecule is COc1cccc(C2(NC(=O)NCc3cnc(C)o3)CCC2)c1. The lowest BCUT2D eigenvalue weighted by Crippen LogP contribution is -2.53. The smallest absolute Gasteiger partial charge is 0.315 e. The van der Waals surface area contributed by atoms with Gasteiger partial charge in [-0.3, -0.25) is 0 Å². The average Bonchev–Trinajstić information content (AvgIpc) is 2.94. The van der Waals surface area contributed by atoms with E-state index in [1.165, 1.54) is 0 Å². The number of benzene rings is 1. The Labute approximate surface area is 135 Å². The number of nitrogens with zero attached hydrogens (tertiary/aromatic N) is 1. The summed E-state index contributed by atoms with van der Waals surface area (Å²) in [4.78, 5) is 16.3. The Balaban J connectivity index is 1.65. The van der Waals surface area contributed by atoms with Crippen LogP contribution in [0.3, 0.4) is 0 Å². The minimum Gasteiger partial charge on any atom is -0.497 e. The largest absolute Gasteiger partial charge is 0.497 e. The third-order valence-electron chi connectivity index (χ3n) is 4.27. The number of aryl methyl sites for hydroxylation is 1. The predicted octanol–water partition coefficient (Wildman–Crippen LogP) is 2.87. The van der Waals surface area contributed by atoms with Gasteiger partial charge in [0.05, 0.1) is 25.4 Å². The maximum Gasteiger partial charge on any atom is 0.315 e. The molecular weight excluding hydrogens is 294 g/mol. The molecular formula is C17H21N3O3. The van der Waals surface area contributed by atoms with Crippen LogP contribution in [0.1, 0.15) is 36.5 Å². The summed E-state index contributed by atoms with van der Waals surface area (Å²) in [5.74, 6) is 2.03. The second kappa shape index (κ2) is 6.32. The van der Waals surface area contributed by atoms with Gasteiger partial charge in [0, 0.05) is 6.92 Å². The zero-order chi connectivity index (χ0) is 16.3. The van der Waals surface area contributed by atoms with E-state index in [2.05, 4.69) is 15.6 Å². The first-order chi connectivity index (χ1) is 11.1. The van der Waals surface area contributed by atoms with Crippen molar-refractivity contribution in [3.8, 4) is 5.75 Å². The number of oxazole rings is 1.